The summed E-state index contributed by atoms with van der Waals surface area (Å²) >= 11 is 0. The summed E-state index contributed by atoms with van der Waals surface area (Å²) in [7, 11) is 0. The first-order valence-corrected chi connectivity index (χ1v) is 9.21. The van der Waals surface area contributed by atoms with Crippen LogP contribution in [0.15, 0.2) is 48.8 Å². The Morgan fingerprint density at radius 3 is 2.93 bits per heavy atom. The van der Waals surface area contributed by atoms with Crippen molar-refractivity contribution in [3.8, 4) is 11.3 Å². The van der Waals surface area contributed by atoms with E-state index < -0.39 is 0 Å². The Labute approximate surface area is 157 Å². The van der Waals surface area contributed by atoms with Crippen molar-refractivity contribution in [2.24, 2.45) is 0 Å². The van der Waals surface area contributed by atoms with Gasteiger partial charge in [-0.3, -0.25) is 14.6 Å². The van der Waals surface area contributed by atoms with Crippen molar-refractivity contribution < 1.29 is 9.53 Å². The molecule has 1 fully saturated rings. The molecule has 1 aromatic carbocycles. The van der Waals surface area contributed by atoms with Crippen molar-refractivity contribution in [3.63, 3.8) is 0 Å². The average molecular weight is 365 g/mol. The lowest BCUT2D eigenvalue weighted by molar-refractivity contribution is 0.0365. The quantitative estimate of drug-likeness (QED) is 0.771. The number of nitrogens with zero attached hydrogens (tertiary/aromatic N) is 4. The van der Waals surface area contributed by atoms with E-state index in [0.29, 0.717) is 31.9 Å². The molecule has 0 spiro atoms. The van der Waals surface area contributed by atoms with Gasteiger partial charge in [-0.05, 0) is 19.4 Å². The molecular weight excluding hydrogens is 342 g/mol. The molecule has 0 saturated carbocycles. The number of aromatic nitrogens is 4. The van der Waals surface area contributed by atoms with Gasteiger partial charge in [0.05, 0.1) is 18.3 Å². The van der Waals surface area contributed by atoms with E-state index in [2.05, 4.69) is 15.3 Å². The van der Waals surface area contributed by atoms with Crippen LogP contribution in [0.5, 0.6) is 0 Å². The van der Waals surface area contributed by atoms with Crippen molar-refractivity contribution in [1.29, 1.82) is 0 Å². The Kier molecular flexibility index (Phi) is 5.02. The fraction of sp³-hybridized carbons (Fsp3) is 0.350. The Hall–Kier alpha value is -2.93. The van der Waals surface area contributed by atoms with E-state index in [1.807, 2.05) is 59.1 Å². The summed E-state index contributed by atoms with van der Waals surface area (Å²) in [4.78, 5) is 15.0. The number of amides is 1. The van der Waals surface area contributed by atoms with Crippen LogP contribution in [0.3, 0.4) is 0 Å². The molecule has 0 bridgehead atoms. The summed E-state index contributed by atoms with van der Waals surface area (Å²) in [5.41, 5.74) is 3.24. The highest BCUT2D eigenvalue weighted by molar-refractivity contribution is 5.95. The average Bonchev–Trinajstić information content (AvgIpc) is 3.27. The van der Waals surface area contributed by atoms with Gasteiger partial charge in [0.2, 0.25) is 0 Å². The van der Waals surface area contributed by atoms with Crippen LogP contribution in [-0.2, 0) is 11.3 Å². The van der Waals surface area contributed by atoms with Crippen molar-refractivity contribution in [2.75, 3.05) is 19.7 Å². The second-order valence-corrected chi connectivity index (χ2v) is 6.76. The second kappa shape index (κ2) is 7.75. The molecule has 1 aliphatic heterocycles. The van der Waals surface area contributed by atoms with E-state index in [4.69, 9.17) is 4.74 Å². The number of carbonyl (C=O) groups excluding carboxylic acids is 1. The summed E-state index contributed by atoms with van der Waals surface area (Å²) in [5, 5.41) is 11.6. The molecular formula is C20H23N5O2. The van der Waals surface area contributed by atoms with Gasteiger partial charge in [-0.1, -0.05) is 30.3 Å². The fourth-order valence-corrected chi connectivity index (χ4v) is 3.45. The molecule has 1 N–H and O–H groups in total. The lowest BCUT2D eigenvalue weighted by atomic mass is 10.1. The lowest BCUT2D eigenvalue weighted by Gasteiger charge is -2.23. The number of nitrogens with one attached hydrogen (secondary N) is 1. The minimum Gasteiger partial charge on any atom is -0.374 e. The smallest absolute Gasteiger partial charge is 0.272 e. The summed E-state index contributed by atoms with van der Waals surface area (Å²) < 4.78 is 7.76. The highest BCUT2D eigenvalue weighted by atomic mass is 16.5. The molecule has 0 unspecified atom stereocenters. The second-order valence-electron chi connectivity index (χ2n) is 6.76. The maximum atomic E-state index is 13.1. The summed E-state index contributed by atoms with van der Waals surface area (Å²) in [6, 6.07) is 11.8. The minimum atomic E-state index is -0.0758. The van der Waals surface area contributed by atoms with Crippen LogP contribution in [0.2, 0.25) is 0 Å². The van der Waals surface area contributed by atoms with Crippen molar-refractivity contribution >= 4 is 5.91 Å². The summed E-state index contributed by atoms with van der Waals surface area (Å²) in [5.74, 6) is -0.0295. The molecule has 0 radical (unpaired) electrons. The van der Waals surface area contributed by atoms with Crippen LogP contribution < -0.4 is 0 Å². The highest BCUT2D eigenvalue weighted by Crippen LogP contribution is 2.24. The van der Waals surface area contributed by atoms with E-state index >= 15 is 0 Å². The molecule has 1 aliphatic rings. The monoisotopic (exact) mass is 365 g/mol. The van der Waals surface area contributed by atoms with E-state index in [-0.39, 0.29) is 12.0 Å². The van der Waals surface area contributed by atoms with Gasteiger partial charge in [0, 0.05) is 43.2 Å². The van der Waals surface area contributed by atoms with E-state index in [1.165, 1.54) is 0 Å². The Morgan fingerprint density at radius 1 is 1.30 bits per heavy atom. The SMILES string of the molecule is Cc1c(-c2ccccc2)n[nH]c1C(=O)N1CCCO[C@@H](Cn2cccn2)C1. The fourth-order valence-electron chi connectivity index (χ4n) is 3.45. The van der Waals surface area contributed by atoms with Gasteiger partial charge >= 0.3 is 0 Å². The Bertz CT molecular complexity index is 889. The molecule has 1 amide bonds. The molecule has 3 aromatic rings. The normalized spacial score (nSPS) is 17.7. The van der Waals surface area contributed by atoms with E-state index in [1.54, 1.807) is 6.20 Å². The maximum absolute atomic E-state index is 13.1. The van der Waals surface area contributed by atoms with Crippen molar-refractivity contribution in [1.82, 2.24) is 24.9 Å². The van der Waals surface area contributed by atoms with Crippen LogP contribution >= 0.6 is 0 Å². The van der Waals surface area contributed by atoms with Crippen LogP contribution in [0.4, 0.5) is 0 Å². The maximum Gasteiger partial charge on any atom is 0.272 e. The highest BCUT2D eigenvalue weighted by Gasteiger charge is 2.27. The minimum absolute atomic E-state index is 0.0295. The first-order valence-electron chi connectivity index (χ1n) is 9.21. The van der Waals surface area contributed by atoms with Crippen LogP contribution in [0.25, 0.3) is 11.3 Å². The molecule has 2 aromatic heterocycles. The third kappa shape index (κ3) is 3.78. The number of aromatic amines is 1. The number of ether oxygens (including phenoxy) is 1. The molecule has 7 heteroatoms. The van der Waals surface area contributed by atoms with E-state index in [0.717, 1.165) is 23.2 Å². The van der Waals surface area contributed by atoms with Gasteiger partial charge in [0.15, 0.2) is 0 Å². The standard InChI is InChI=1S/C20H23N5O2/c1-15-18(16-7-3-2-4-8-16)22-23-19(15)20(26)24-10-6-12-27-17(13-24)14-25-11-5-9-21-25/h2-5,7-9,11,17H,6,10,12-14H2,1H3,(H,22,23)/t17-/m1/s1. The molecule has 7 nitrogen and oxygen atoms in total. The van der Waals surface area contributed by atoms with Gasteiger partial charge in [0.25, 0.3) is 5.91 Å². The Balaban J connectivity index is 1.52. The predicted molar refractivity (Wildman–Crippen MR) is 101 cm³/mol. The topological polar surface area (TPSA) is 76.0 Å². The number of carbonyl (C=O) groups is 1. The largest absolute Gasteiger partial charge is 0.374 e. The molecule has 140 valence electrons. The lowest BCUT2D eigenvalue weighted by Crippen LogP contribution is -2.39. The van der Waals surface area contributed by atoms with Crippen molar-refractivity contribution in [3.05, 3.63) is 60.0 Å². The van der Waals surface area contributed by atoms with E-state index in [9.17, 15) is 4.79 Å². The van der Waals surface area contributed by atoms with Gasteiger partial charge in [0.1, 0.15) is 5.69 Å². The van der Waals surface area contributed by atoms with Gasteiger partial charge in [-0.2, -0.15) is 10.2 Å². The predicted octanol–water partition coefficient (Wildman–Crippen LogP) is 2.51. The first kappa shape index (κ1) is 17.5. The number of benzene rings is 1. The molecule has 1 saturated heterocycles. The molecule has 0 aliphatic carbocycles. The molecule has 1 atom stereocenters. The first-order chi connectivity index (χ1) is 13.2. The summed E-state index contributed by atoms with van der Waals surface area (Å²) in [6.07, 6.45) is 4.40. The van der Waals surface area contributed by atoms with Gasteiger partial charge in [-0.25, -0.2) is 0 Å². The zero-order valence-corrected chi connectivity index (χ0v) is 15.3. The van der Waals surface area contributed by atoms with Gasteiger partial charge in [-0.15, -0.1) is 0 Å². The third-order valence-electron chi connectivity index (χ3n) is 4.86. The van der Waals surface area contributed by atoms with Crippen LogP contribution in [-0.4, -0.2) is 56.6 Å². The van der Waals surface area contributed by atoms with Crippen LogP contribution in [0, 0.1) is 6.92 Å². The summed E-state index contributed by atoms with van der Waals surface area (Å²) in [6.45, 7) is 4.43. The molecule has 3 heterocycles. The van der Waals surface area contributed by atoms with Gasteiger partial charge < -0.3 is 9.64 Å². The van der Waals surface area contributed by atoms with Crippen molar-refractivity contribution in [2.45, 2.75) is 26.0 Å². The zero-order chi connectivity index (χ0) is 18.6. The number of rotatable bonds is 4. The Morgan fingerprint density at radius 2 is 2.15 bits per heavy atom. The number of H-pyrrole nitrogens is 1. The molecule has 4 rings (SSSR count). The van der Waals surface area contributed by atoms with Crippen LogP contribution in [0.1, 0.15) is 22.5 Å². The zero-order valence-electron chi connectivity index (χ0n) is 15.3. The number of hydrogen-bond donors (Lipinski definition) is 1. The number of hydrogen-bond acceptors (Lipinski definition) is 4. The molecule has 27 heavy (non-hydrogen) atoms. The third-order valence-corrected chi connectivity index (χ3v) is 4.86.